The molecule has 0 bridgehead atoms. The Balaban J connectivity index is 1.69. The van der Waals surface area contributed by atoms with Crippen molar-refractivity contribution in [2.24, 2.45) is 5.92 Å². The highest BCUT2D eigenvalue weighted by molar-refractivity contribution is 5.16. The van der Waals surface area contributed by atoms with E-state index < -0.39 is 0 Å². The van der Waals surface area contributed by atoms with Gasteiger partial charge in [-0.15, -0.1) is 0 Å². The first kappa shape index (κ1) is 13.6. The maximum Gasteiger partial charge on any atom is 0.123 e. The van der Waals surface area contributed by atoms with Crippen LogP contribution in [-0.4, -0.2) is 12.6 Å². The molecule has 1 unspecified atom stereocenters. The highest BCUT2D eigenvalue weighted by Gasteiger charge is 2.21. The molecule has 2 rings (SSSR count). The predicted molar refractivity (Wildman–Crippen MR) is 72.3 cm³/mol. The molecule has 1 fully saturated rings. The summed E-state index contributed by atoms with van der Waals surface area (Å²) in [7, 11) is 0. The van der Waals surface area contributed by atoms with Crippen molar-refractivity contribution in [3.05, 3.63) is 23.7 Å². The van der Waals surface area contributed by atoms with Crippen molar-refractivity contribution in [3.63, 3.8) is 0 Å². The van der Waals surface area contributed by atoms with Gasteiger partial charge in [0, 0.05) is 18.2 Å². The summed E-state index contributed by atoms with van der Waals surface area (Å²) in [5.74, 6) is 1.68. The fourth-order valence-electron chi connectivity index (χ4n) is 2.12. The maximum atomic E-state index is 5.77. The van der Waals surface area contributed by atoms with Crippen molar-refractivity contribution in [1.82, 2.24) is 5.32 Å². The fourth-order valence-corrected chi connectivity index (χ4v) is 2.12. The Labute approximate surface area is 110 Å². The van der Waals surface area contributed by atoms with Crippen LogP contribution < -0.4 is 5.32 Å². The summed E-state index contributed by atoms with van der Waals surface area (Å²) in [6.45, 7) is 6.81. The molecule has 0 radical (unpaired) electrons. The van der Waals surface area contributed by atoms with E-state index in [2.05, 4.69) is 19.2 Å². The molecule has 18 heavy (non-hydrogen) atoms. The van der Waals surface area contributed by atoms with Crippen molar-refractivity contribution in [2.75, 3.05) is 6.61 Å². The Morgan fingerprint density at radius 2 is 2.33 bits per heavy atom. The lowest BCUT2D eigenvalue weighted by molar-refractivity contribution is 0.0882. The zero-order chi connectivity index (χ0) is 12.8. The van der Waals surface area contributed by atoms with Gasteiger partial charge >= 0.3 is 0 Å². The summed E-state index contributed by atoms with van der Waals surface area (Å²) < 4.78 is 11.3. The van der Waals surface area contributed by atoms with Crippen molar-refractivity contribution >= 4 is 0 Å². The van der Waals surface area contributed by atoms with Gasteiger partial charge in [-0.2, -0.15) is 0 Å². The number of furan rings is 1. The summed E-state index contributed by atoms with van der Waals surface area (Å²) in [5.41, 5.74) is 1.19. The average molecular weight is 251 g/mol. The van der Waals surface area contributed by atoms with E-state index >= 15 is 0 Å². The van der Waals surface area contributed by atoms with Crippen LogP contribution in [0.5, 0.6) is 0 Å². The average Bonchev–Trinajstić information content (AvgIpc) is 3.07. The minimum atomic E-state index is 0.648. The van der Waals surface area contributed by atoms with E-state index in [0.29, 0.717) is 18.6 Å². The van der Waals surface area contributed by atoms with Gasteiger partial charge < -0.3 is 14.5 Å². The minimum absolute atomic E-state index is 0.648. The fraction of sp³-hybridized carbons (Fsp3) is 0.733. The second-order valence-electron chi connectivity index (χ2n) is 5.43. The molecule has 1 heterocycles. The van der Waals surface area contributed by atoms with E-state index in [1.807, 2.05) is 6.07 Å². The van der Waals surface area contributed by atoms with E-state index in [4.69, 9.17) is 9.15 Å². The summed E-state index contributed by atoms with van der Waals surface area (Å²) in [4.78, 5) is 0. The Kier molecular flexibility index (Phi) is 5.26. The molecule has 3 nitrogen and oxygen atoms in total. The summed E-state index contributed by atoms with van der Waals surface area (Å²) in [5, 5.41) is 3.47. The highest BCUT2D eigenvalue weighted by atomic mass is 16.5. The van der Waals surface area contributed by atoms with E-state index in [1.165, 1.54) is 31.2 Å². The first-order valence-electron chi connectivity index (χ1n) is 7.16. The van der Waals surface area contributed by atoms with Crippen LogP contribution in [0.25, 0.3) is 0 Å². The monoisotopic (exact) mass is 251 g/mol. The van der Waals surface area contributed by atoms with Gasteiger partial charge in [0.05, 0.1) is 19.4 Å². The second-order valence-corrected chi connectivity index (χ2v) is 5.43. The topological polar surface area (TPSA) is 34.4 Å². The zero-order valence-electron chi connectivity index (χ0n) is 11.6. The molecular formula is C15H25NO2. The van der Waals surface area contributed by atoms with Crippen molar-refractivity contribution in [1.29, 1.82) is 0 Å². The lowest BCUT2D eigenvalue weighted by Gasteiger charge is -2.10. The third-order valence-electron chi connectivity index (χ3n) is 3.41. The molecule has 0 spiro atoms. The van der Waals surface area contributed by atoms with Crippen molar-refractivity contribution in [2.45, 2.75) is 58.7 Å². The second kappa shape index (κ2) is 6.95. The van der Waals surface area contributed by atoms with Crippen molar-refractivity contribution < 1.29 is 9.15 Å². The Morgan fingerprint density at radius 3 is 3.06 bits per heavy atom. The van der Waals surface area contributed by atoms with E-state index in [-0.39, 0.29) is 0 Å². The van der Waals surface area contributed by atoms with Crippen LogP contribution in [0.15, 0.2) is 16.7 Å². The normalized spacial score (nSPS) is 17.0. The zero-order valence-corrected chi connectivity index (χ0v) is 11.6. The summed E-state index contributed by atoms with van der Waals surface area (Å²) in [6.07, 6.45) is 6.84. The van der Waals surface area contributed by atoms with Crippen LogP contribution in [0.1, 0.15) is 50.9 Å². The lowest BCUT2D eigenvalue weighted by Crippen LogP contribution is -2.16. The van der Waals surface area contributed by atoms with Crippen LogP contribution in [0, 0.1) is 5.92 Å². The number of hydrogen-bond donors (Lipinski definition) is 1. The number of nitrogens with one attached hydrogen (secondary N) is 1. The van der Waals surface area contributed by atoms with Crippen LogP contribution in [-0.2, 0) is 17.9 Å². The van der Waals surface area contributed by atoms with E-state index in [1.54, 1.807) is 6.26 Å². The van der Waals surface area contributed by atoms with Gasteiger partial charge in [-0.3, -0.25) is 0 Å². The molecule has 1 aliphatic carbocycles. The molecule has 102 valence electrons. The third kappa shape index (κ3) is 4.46. The molecular weight excluding hydrogens is 226 g/mol. The van der Waals surface area contributed by atoms with E-state index in [0.717, 1.165) is 18.9 Å². The van der Waals surface area contributed by atoms with Gasteiger partial charge in [-0.25, -0.2) is 0 Å². The Hall–Kier alpha value is -0.800. The molecule has 0 aromatic carbocycles. The van der Waals surface area contributed by atoms with E-state index in [9.17, 15) is 0 Å². The number of hydrogen-bond acceptors (Lipinski definition) is 3. The molecule has 1 aliphatic rings. The summed E-state index contributed by atoms with van der Waals surface area (Å²) >= 11 is 0. The molecule has 1 N–H and O–H groups in total. The first-order valence-corrected chi connectivity index (χ1v) is 7.16. The van der Waals surface area contributed by atoms with Gasteiger partial charge in [0.25, 0.3) is 0 Å². The molecule has 1 saturated carbocycles. The van der Waals surface area contributed by atoms with Gasteiger partial charge in [-0.05, 0) is 31.2 Å². The molecule has 1 aromatic rings. The quantitative estimate of drug-likeness (QED) is 0.729. The molecule has 1 atom stereocenters. The molecule has 0 saturated heterocycles. The van der Waals surface area contributed by atoms with Crippen LogP contribution in [0.2, 0.25) is 0 Å². The third-order valence-corrected chi connectivity index (χ3v) is 3.41. The molecule has 0 aliphatic heterocycles. The van der Waals surface area contributed by atoms with Gasteiger partial charge in [0.2, 0.25) is 0 Å². The summed E-state index contributed by atoms with van der Waals surface area (Å²) in [6, 6.07) is 2.74. The van der Waals surface area contributed by atoms with Crippen LogP contribution in [0.3, 0.4) is 0 Å². The standard InChI is InChI=1S/C15H25NO2/c1-3-4-12(2)10-17-11-13-7-8-18-15(13)9-16-14-5-6-14/h7-8,12,14,16H,3-6,9-11H2,1-2H3. The predicted octanol–water partition coefficient (Wildman–Crippen LogP) is 3.48. The lowest BCUT2D eigenvalue weighted by atomic mass is 10.1. The van der Waals surface area contributed by atoms with Gasteiger partial charge in [0.15, 0.2) is 0 Å². The SMILES string of the molecule is CCCC(C)COCc1ccoc1CNC1CC1. The smallest absolute Gasteiger partial charge is 0.123 e. The Morgan fingerprint density at radius 1 is 1.50 bits per heavy atom. The van der Waals surface area contributed by atoms with Crippen LogP contribution in [0.4, 0.5) is 0 Å². The van der Waals surface area contributed by atoms with Crippen molar-refractivity contribution in [3.8, 4) is 0 Å². The maximum absolute atomic E-state index is 5.77. The number of rotatable bonds is 9. The largest absolute Gasteiger partial charge is 0.468 e. The number of ether oxygens (including phenoxy) is 1. The highest BCUT2D eigenvalue weighted by Crippen LogP contribution is 2.20. The van der Waals surface area contributed by atoms with Crippen LogP contribution >= 0.6 is 0 Å². The van der Waals surface area contributed by atoms with Gasteiger partial charge in [0.1, 0.15) is 5.76 Å². The molecule has 0 amide bonds. The molecule has 3 heteroatoms. The Bertz CT molecular complexity index is 344. The minimum Gasteiger partial charge on any atom is -0.468 e. The molecule has 1 aromatic heterocycles. The van der Waals surface area contributed by atoms with Gasteiger partial charge in [-0.1, -0.05) is 20.3 Å². The first-order chi connectivity index (χ1) is 8.79.